The van der Waals surface area contributed by atoms with Crippen LogP contribution in [-0.4, -0.2) is 22.7 Å². The van der Waals surface area contributed by atoms with Crippen LogP contribution < -0.4 is 5.73 Å². The van der Waals surface area contributed by atoms with Crippen LogP contribution in [0.25, 0.3) is 0 Å². The Morgan fingerprint density at radius 2 is 2.12 bits per heavy atom. The van der Waals surface area contributed by atoms with Gasteiger partial charge in [-0.1, -0.05) is 19.9 Å². The first kappa shape index (κ1) is 11.8. The molecule has 0 spiro atoms. The topological polar surface area (TPSA) is 47.9 Å². The smallest absolute Gasteiger partial charge is 0.115 e. The average Bonchev–Trinajstić information content (AvgIpc) is 2.25. The zero-order chi connectivity index (χ0) is 11.9. The van der Waals surface area contributed by atoms with Crippen LogP contribution in [0.3, 0.4) is 0 Å². The van der Waals surface area contributed by atoms with Crippen molar-refractivity contribution < 1.29 is 10.8 Å². The van der Waals surface area contributed by atoms with E-state index in [1.54, 1.807) is 6.07 Å². The number of fused-ring (bicyclic) bond motifs is 1. The summed E-state index contributed by atoms with van der Waals surface area (Å²) in [7, 11) is 0. The fraction of sp³-hybridized carbons (Fsp3) is 0.538. The summed E-state index contributed by atoms with van der Waals surface area (Å²) < 4.78 is 0. The van der Waals surface area contributed by atoms with Crippen molar-refractivity contribution in [2.75, 3.05) is 6.26 Å². The standard InChI is InChI=1S/C13H19NOS/c1-13(2)10-7-9(15)5-4-8(10)6-11(16-3)12(13)14/h4-5,7,11-12,15H,6,14H2,1-3H3/p+1/t11-,12+/m0/s1. The van der Waals surface area contributed by atoms with Gasteiger partial charge in [0.15, 0.2) is 0 Å². The number of quaternary nitrogens is 1. The Morgan fingerprint density at radius 1 is 1.44 bits per heavy atom. The number of rotatable bonds is 1. The van der Waals surface area contributed by atoms with E-state index in [-0.39, 0.29) is 5.41 Å². The maximum Gasteiger partial charge on any atom is 0.115 e. The first-order chi connectivity index (χ1) is 7.46. The number of hydrogen-bond acceptors (Lipinski definition) is 2. The van der Waals surface area contributed by atoms with Gasteiger partial charge in [-0.05, 0) is 35.9 Å². The van der Waals surface area contributed by atoms with Crippen LogP contribution in [0.1, 0.15) is 25.0 Å². The van der Waals surface area contributed by atoms with Crippen molar-refractivity contribution in [3.8, 4) is 5.75 Å². The third kappa shape index (κ3) is 1.72. The zero-order valence-electron chi connectivity index (χ0n) is 10.2. The van der Waals surface area contributed by atoms with E-state index >= 15 is 0 Å². The summed E-state index contributed by atoms with van der Waals surface area (Å²) in [5.41, 5.74) is 7.00. The van der Waals surface area contributed by atoms with Gasteiger partial charge in [0.1, 0.15) is 11.8 Å². The van der Waals surface area contributed by atoms with Gasteiger partial charge in [-0.2, -0.15) is 11.8 Å². The van der Waals surface area contributed by atoms with Gasteiger partial charge >= 0.3 is 0 Å². The highest BCUT2D eigenvalue weighted by Crippen LogP contribution is 2.40. The molecule has 2 atom stereocenters. The molecule has 88 valence electrons. The molecule has 1 aliphatic rings. The maximum absolute atomic E-state index is 9.60. The number of aromatic hydroxyl groups is 1. The molecule has 16 heavy (non-hydrogen) atoms. The molecule has 4 N–H and O–H groups in total. The molecule has 0 amide bonds. The third-order valence-electron chi connectivity index (χ3n) is 3.89. The lowest BCUT2D eigenvalue weighted by Crippen LogP contribution is -2.74. The molecule has 0 saturated heterocycles. The number of hydrogen-bond donors (Lipinski definition) is 2. The molecule has 1 aliphatic carbocycles. The predicted octanol–water partition coefficient (Wildman–Crippen LogP) is 1.57. The molecule has 0 unspecified atom stereocenters. The molecule has 2 nitrogen and oxygen atoms in total. The number of thioether (sulfide) groups is 1. The van der Waals surface area contributed by atoms with Crippen molar-refractivity contribution in [3.05, 3.63) is 29.3 Å². The molecule has 3 heteroatoms. The van der Waals surface area contributed by atoms with Crippen LogP contribution >= 0.6 is 11.8 Å². The predicted molar refractivity (Wildman–Crippen MR) is 68.8 cm³/mol. The van der Waals surface area contributed by atoms with E-state index in [4.69, 9.17) is 0 Å². The fourth-order valence-corrected chi connectivity index (χ4v) is 3.63. The van der Waals surface area contributed by atoms with Gasteiger partial charge < -0.3 is 10.8 Å². The van der Waals surface area contributed by atoms with Gasteiger partial charge in [-0.15, -0.1) is 0 Å². The molecule has 2 rings (SSSR count). The SMILES string of the molecule is CS[C@H]1Cc2ccc(O)cc2C(C)(C)[C@@H]1[NH3+]. The highest BCUT2D eigenvalue weighted by Gasteiger charge is 2.42. The lowest BCUT2D eigenvalue weighted by Gasteiger charge is -2.40. The van der Waals surface area contributed by atoms with E-state index in [1.165, 1.54) is 11.1 Å². The van der Waals surface area contributed by atoms with Crippen LogP contribution in [0.2, 0.25) is 0 Å². The summed E-state index contributed by atoms with van der Waals surface area (Å²) in [6.45, 7) is 4.46. The molecule has 0 aromatic heterocycles. The molecule has 1 aromatic carbocycles. The second kappa shape index (κ2) is 3.97. The molecule has 1 aromatic rings. The Balaban J connectivity index is 2.52. The van der Waals surface area contributed by atoms with Crippen molar-refractivity contribution in [2.45, 2.75) is 37.0 Å². The minimum absolute atomic E-state index is 0.0417. The van der Waals surface area contributed by atoms with E-state index in [0.717, 1.165) is 6.42 Å². The Labute approximate surface area is 101 Å². The summed E-state index contributed by atoms with van der Waals surface area (Å²) in [4.78, 5) is 0. The van der Waals surface area contributed by atoms with Crippen LogP contribution in [0, 0.1) is 0 Å². The molecular formula is C13H20NOS+. The van der Waals surface area contributed by atoms with Crippen molar-refractivity contribution in [1.29, 1.82) is 0 Å². The molecule has 0 fully saturated rings. The van der Waals surface area contributed by atoms with Crippen LogP contribution in [0.5, 0.6) is 5.75 Å². The quantitative estimate of drug-likeness (QED) is 0.780. The summed E-state index contributed by atoms with van der Waals surface area (Å²) in [5, 5.41) is 10.2. The molecule has 0 heterocycles. The molecule has 0 aliphatic heterocycles. The Bertz CT molecular complexity index is 403. The Morgan fingerprint density at radius 3 is 2.75 bits per heavy atom. The number of benzene rings is 1. The van der Waals surface area contributed by atoms with Gasteiger partial charge in [0.05, 0.1) is 5.25 Å². The number of phenols is 1. The van der Waals surface area contributed by atoms with Crippen LogP contribution in [0.15, 0.2) is 18.2 Å². The fourth-order valence-electron chi connectivity index (χ4n) is 2.61. The maximum atomic E-state index is 9.60. The first-order valence-electron chi connectivity index (χ1n) is 5.65. The zero-order valence-corrected chi connectivity index (χ0v) is 11.0. The minimum Gasteiger partial charge on any atom is -0.508 e. The number of phenolic OH excluding ortho intramolecular Hbond substituents is 1. The Kier molecular flexibility index (Phi) is 2.93. The minimum atomic E-state index is 0.0417. The lowest BCUT2D eigenvalue weighted by molar-refractivity contribution is -0.435. The van der Waals surface area contributed by atoms with Crippen molar-refractivity contribution in [3.63, 3.8) is 0 Å². The van der Waals surface area contributed by atoms with Crippen molar-refractivity contribution >= 4 is 11.8 Å². The highest BCUT2D eigenvalue weighted by atomic mass is 32.2. The summed E-state index contributed by atoms with van der Waals surface area (Å²) in [5.74, 6) is 0.363. The molecule has 0 bridgehead atoms. The summed E-state index contributed by atoms with van der Waals surface area (Å²) in [6.07, 6.45) is 3.22. The summed E-state index contributed by atoms with van der Waals surface area (Å²) in [6, 6.07) is 6.14. The van der Waals surface area contributed by atoms with E-state index in [0.29, 0.717) is 17.0 Å². The van der Waals surface area contributed by atoms with Crippen molar-refractivity contribution in [2.24, 2.45) is 0 Å². The van der Waals surface area contributed by atoms with Gasteiger partial charge in [-0.25, -0.2) is 0 Å². The van der Waals surface area contributed by atoms with Gasteiger partial charge in [0.25, 0.3) is 0 Å². The molecular weight excluding hydrogens is 218 g/mol. The second-order valence-corrected chi connectivity index (χ2v) is 6.22. The monoisotopic (exact) mass is 238 g/mol. The van der Waals surface area contributed by atoms with E-state index in [1.807, 2.05) is 17.8 Å². The molecule has 0 saturated carbocycles. The van der Waals surface area contributed by atoms with E-state index in [9.17, 15) is 5.11 Å². The Hall–Kier alpha value is -0.670. The first-order valence-corrected chi connectivity index (χ1v) is 6.94. The van der Waals surface area contributed by atoms with Gasteiger partial charge in [-0.3, -0.25) is 0 Å². The third-order valence-corrected chi connectivity index (χ3v) is 4.99. The van der Waals surface area contributed by atoms with E-state index < -0.39 is 0 Å². The highest BCUT2D eigenvalue weighted by molar-refractivity contribution is 7.99. The van der Waals surface area contributed by atoms with Crippen LogP contribution in [-0.2, 0) is 11.8 Å². The van der Waals surface area contributed by atoms with Gasteiger partial charge in [0, 0.05) is 5.41 Å². The summed E-state index contributed by atoms with van der Waals surface area (Å²) >= 11 is 1.90. The second-order valence-electron chi connectivity index (χ2n) is 5.15. The van der Waals surface area contributed by atoms with E-state index in [2.05, 4.69) is 31.9 Å². The van der Waals surface area contributed by atoms with Crippen molar-refractivity contribution in [1.82, 2.24) is 0 Å². The average molecular weight is 238 g/mol. The normalized spacial score (nSPS) is 27.5. The largest absolute Gasteiger partial charge is 0.508 e. The lowest BCUT2D eigenvalue weighted by atomic mass is 9.69. The van der Waals surface area contributed by atoms with Crippen LogP contribution in [0.4, 0.5) is 0 Å². The van der Waals surface area contributed by atoms with Gasteiger partial charge in [0.2, 0.25) is 0 Å². The molecule has 0 radical (unpaired) electrons.